The van der Waals surface area contributed by atoms with E-state index in [0.29, 0.717) is 0 Å². The van der Waals surface area contributed by atoms with E-state index >= 15 is 0 Å². The molecule has 0 aliphatic carbocycles. The molecule has 0 spiro atoms. The second-order valence-corrected chi connectivity index (χ2v) is 1.85. The quantitative estimate of drug-likeness (QED) is 0.213. The van der Waals surface area contributed by atoms with Crippen LogP contribution in [0.2, 0.25) is 0 Å². The van der Waals surface area contributed by atoms with Crippen LogP contribution in [0, 0.1) is 0 Å². The van der Waals surface area contributed by atoms with Gasteiger partial charge in [-0.25, -0.2) is 0 Å². The van der Waals surface area contributed by atoms with Crippen molar-refractivity contribution in [3.8, 4) is 0 Å². The predicted molar refractivity (Wildman–Crippen MR) is 23.4 cm³/mol. The van der Waals surface area contributed by atoms with Gasteiger partial charge in [0.05, 0.1) is 0 Å². The van der Waals surface area contributed by atoms with Gasteiger partial charge in [-0.1, -0.05) is 0 Å². The molecule has 2 atom stereocenters. The summed E-state index contributed by atoms with van der Waals surface area (Å²) >= 11 is 0. The van der Waals surface area contributed by atoms with Crippen molar-refractivity contribution in [2.24, 2.45) is 0 Å². The van der Waals surface area contributed by atoms with Gasteiger partial charge in [-0.2, -0.15) is 5.06 Å². The summed E-state index contributed by atoms with van der Waals surface area (Å²) in [6.45, 7) is 0. The summed E-state index contributed by atoms with van der Waals surface area (Å²) < 4.78 is 0. The average molecular weight is 169 g/mol. The molecule has 0 aromatic rings. The van der Waals surface area contributed by atoms with E-state index in [4.69, 9.17) is 10.3 Å². The normalized spacial score (nSPS) is 30.6. The van der Waals surface area contributed by atoms with Gasteiger partial charge in [0.25, 0.3) is 5.91 Å². The minimum absolute atomic E-state index is 0. The number of amides is 2. The van der Waals surface area contributed by atoms with E-state index < -0.39 is 24.0 Å². The van der Waals surface area contributed by atoms with E-state index in [-0.39, 0.29) is 34.6 Å². The first-order valence-electron chi connectivity index (χ1n) is 2.46. The van der Waals surface area contributed by atoms with E-state index in [1.165, 1.54) is 0 Å². The molecule has 0 aromatic carbocycles. The van der Waals surface area contributed by atoms with Gasteiger partial charge in [0.15, 0.2) is 0 Å². The number of carbonyl (C=O) groups is 2. The van der Waals surface area contributed by atoms with Crippen LogP contribution < -0.4 is 34.7 Å². The summed E-state index contributed by atoms with van der Waals surface area (Å²) in [7, 11) is 0. The van der Waals surface area contributed by atoms with E-state index in [0.717, 1.165) is 0 Å². The second-order valence-electron chi connectivity index (χ2n) is 1.85. The van der Waals surface area contributed by atoms with Gasteiger partial charge >= 0.3 is 29.6 Å². The smallest absolute Gasteiger partial charge is 0.843 e. The molecule has 1 aliphatic rings. The molecule has 1 rings (SSSR count). The van der Waals surface area contributed by atoms with Gasteiger partial charge in [0.1, 0.15) is 6.10 Å². The number of hydrogen-bond acceptors (Lipinski definition) is 5. The minimum Gasteiger partial charge on any atom is -0.843 e. The number of imide groups is 1. The monoisotopic (exact) mass is 169 g/mol. The molecule has 2 amide bonds. The molecule has 0 bridgehead atoms. The molecule has 0 saturated carbocycles. The van der Waals surface area contributed by atoms with Crippen molar-refractivity contribution in [2.75, 3.05) is 0 Å². The molecule has 7 heteroatoms. The Morgan fingerprint density at radius 1 is 1.36 bits per heavy atom. The molecule has 0 aromatic heterocycles. The Bertz CT molecular complexity index is 175. The van der Waals surface area contributed by atoms with Crippen molar-refractivity contribution in [1.29, 1.82) is 0 Å². The summed E-state index contributed by atoms with van der Waals surface area (Å²) in [5.41, 5.74) is 0. The van der Waals surface area contributed by atoms with Crippen molar-refractivity contribution < 1.29 is 54.6 Å². The van der Waals surface area contributed by atoms with E-state index in [1.54, 1.807) is 0 Å². The van der Waals surface area contributed by atoms with Crippen LogP contribution in [0.1, 0.15) is 0 Å². The molecule has 1 heterocycles. The van der Waals surface area contributed by atoms with Crippen LogP contribution in [0.5, 0.6) is 0 Å². The molecule has 1 aliphatic heterocycles. The Hall–Kier alpha value is 0.0200. The van der Waals surface area contributed by atoms with Crippen LogP contribution >= 0.6 is 0 Å². The van der Waals surface area contributed by atoms with E-state index in [2.05, 4.69) is 0 Å². The first kappa shape index (κ1) is 11.0. The van der Waals surface area contributed by atoms with Gasteiger partial charge in [0, 0.05) is 0 Å². The number of rotatable bonds is 0. The number of aliphatic hydroxyl groups excluding tert-OH is 1. The Morgan fingerprint density at radius 3 is 1.91 bits per heavy atom. The Labute approximate surface area is 83.7 Å². The van der Waals surface area contributed by atoms with Crippen LogP contribution in [0.15, 0.2) is 0 Å². The fraction of sp³-hybridized carbons (Fsp3) is 0.500. The Morgan fingerprint density at radius 2 is 1.82 bits per heavy atom. The van der Waals surface area contributed by atoms with Crippen LogP contribution in [0.3, 0.4) is 0 Å². The van der Waals surface area contributed by atoms with Crippen molar-refractivity contribution in [3.05, 3.63) is 0 Å². The van der Waals surface area contributed by atoms with E-state index in [9.17, 15) is 14.7 Å². The van der Waals surface area contributed by atoms with Crippen LogP contribution in [0.25, 0.3) is 0 Å². The van der Waals surface area contributed by atoms with Gasteiger partial charge in [-0.15, -0.1) is 0 Å². The van der Waals surface area contributed by atoms with Crippen molar-refractivity contribution >= 4 is 11.8 Å². The summed E-state index contributed by atoms with van der Waals surface area (Å²) in [4.78, 5) is 20.6. The van der Waals surface area contributed by atoms with Gasteiger partial charge in [-0.3, -0.25) is 14.8 Å². The van der Waals surface area contributed by atoms with Crippen molar-refractivity contribution in [1.82, 2.24) is 5.06 Å². The SMILES string of the molecule is O=C1C([O-])C(O)C(=O)N1O.[Na+]. The zero-order chi connectivity index (χ0) is 7.89. The van der Waals surface area contributed by atoms with Crippen LogP contribution in [0.4, 0.5) is 0 Å². The number of hydrogen-bond donors (Lipinski definition) is 2. The molecule has 0 radical (unpaired) electrons. The summed E-state index contributed by atoms with van der Waals surface area (Å²) in [5.74, 6) is -2.57. The number of hydroxylamine groups is 2. The number of carbonyl (C=O) groups excluding carboxylic acids is 2. The Kier molecular flexibility index (Phi) is 3.62. The zero-order valence-electron chi connectivity index (χ0n) is 5.72. The van der Waals surface area contributed by atoms with Crippen molar-refractivity contribution in [3.63, 3.8) is 0 Å². The largest absolute Gasteiger partial charge is 1.00 e. The van der Waals surface area contributed by atoms with Gasteiger partial charge in [-0.05, 0) is 6.10 Å². The molecule has 1 saturated heterocycles. The molecule has 6 nitrogen and oxygen atoms in total. The number of aliphatic hydroxyl groups is 1. The van der Waals surface area contributed by atoms with Crippen LogP contribution in [-0.4, -0.2) is 39.4 Å². The maximum atomic E-state index is 10.4. The third-order valence-electron chi connectivity index (χ3n) is 1.20. The van der Waals surface area contributed by atoms with Gasteiger partial charge < -0.3 is 10.2 Å². The summed E-state index contributed by atoms with van der Waals surface area (Å²) in [6, 6.07) is 0. The summed E-state index contributed by atoms with van der Waals surface area (Å²) in [5, 5.41) is 26.9. The zero-order valence-corrected chi connectivity index (χ0v) is 7.72. The molecule has 56 valence electrons. The topological polar surface area (TPSA) is 101 Å². The Balaban J connectivity index is 0.000001000. The molecular formula is C4H4NNaO5. The second kappa shape index (κ2) is 3.61. The first-order valence-corrected chi connectivity index (χ1v) is 2.46. The first-order chi connectivity index (χ1) is 4.55. The molecule has 11 heavy (non-hydrogen) atoms. The number of nitrogens with zero attached hydrogens (tertiary/aromatic N) is 1. The summed E-state index contributed by atoms with van der Waals surface area (Å²) in [6.07, 6.45) is -4.00. The molecule has 2 unspecified atom stereocenters. The predicted octanol–water partition coefficient (Wildman–Crippen LogP) is -6.16. The third kappa shape index (κ3) is 1.61. The fourth-order valence-electron chi connectivity index (χ4n) is 0.619. The maximum absolute atomic E-state index is 10.4. The molecule has 2 N–H and O–H groups in total. The average Bonchev–Trinajstić information content (AvgIpc) is 2.07. The van der Waals surface area contributed by atoms with Crippen LogP contribution in [-0.2, 0) is 9.59 Å². The van der Waals surface area contributed by atoms with Gasteiger partial charge in [0.2, 0.25) is 5.91 Å². The maximum Gasteiger partial charge on any atom is 1.00 e. The minimum atomic E-state index is -2.07. The third-order valence-corrected chi connectivity index (χ3v) is 1.20. The molecule has 1 fully saturated rings. The van der Waals surface area contributed by atoms with E-state index in [1.807, 2.05) is 0 Å². The standard InChI is InChI=1S/C4H4NO5.Na/c6-1-2(7)4(9)5(10)3(1)8;/h1-2,6,10H;/q-1;+1. The molecular weight excluding hydrogens is 165 g/mol. The van der Waals surface area contributed by atoms with Crippen molar-refractivity contribution in [2.45, 2.75) is 12.2 Å². The fourth-order valence-corrected chi connectivity index (χ4v) is 0.619.